The third-order valence-electron chi connectivity index (χ3n) is 4.68. The maximum absolute atomic E-state index is 12.4. The van der Waals surface area contributed by atoms with E-state index in [9.17, 15) is 4.79 Å². The van der Waals surface area contributed by atoms with E-state index in [1.165, 1.54) is 19.3 Å². The molecule has 2 saturated heterocycles. The third kappa shape index (κ3) is 4.45. The molecule has 3 rings (SSSR count). The van der Waals surface area contributed by atoms with E-state index >= 15 is 0 Å². The Labute approximate surface area is 143 Å². The molecular formula is C18H27N3O3. The van der Waals surface area contributed by atoms with Gasteiger partial charge in [-0.2, -0.15) is 0 Å². The normalized spacial score (nSPS) is 22.4. The lowest BCUT2D eigenvalue weighted by Gasteiger charge is -2.30. The summed E-state index contributed by atoms with van der Waals surface area (Å²) < 4.78 is 11.2. The van der Waals surface area contributed by atoms with Gasteiger partial charge >= 0.3 is 0 Å². The summed E-state index contributed by atoms with van der Waals surface area (Å²) in [6, 6.07) is 1.97. The van der Waals surface area contributed by atoms with Crippen molar-refractivity contribution in [1.82, 2.24) is 4.98 Å². The largest absolute Gasteiger partial charge is 0.376 e. The van der Waals surface area contributed by atoms with Crippen LogP contribution in [0, 0.1) is 0 Å². The SMILES string of the molecule is C[C@H](OC[C@@H]1CCCO1)C(=O)Nc1cnccc1N1CCCCC1. The summed E-state index contributed by atoms with van der Waals surface area (Å²) in [4.78, 5) is 18.9. The van der Waals surface area contributed by atoms with Gasteiger partial charge in [-0.15, -0.1) is 0 Å². The van der Waals surface area contributed by atoms with Crippen LogP contribution >= 0.6 is 0 Å². The first-order valence-corrected chi connectivity index (χ1v) is 8.97. The molecule has 2 atom stereocenters. The molecule has 0 aliphatic carbocycles. The van der Waals surface area contributed by atoms with E-state index in [0.29, 0.717) is 6.61 Å². The number of anilines is 2. The summed E-state index contributed by atoms with van der Waals surface area (Å²) >= 11 is 0. The van der Waals surface area contributed by atoms with Crippen molar-refractivity contribution in [3.63, 3.8) is 0 Å². The molecule has 0 bridgehead atoms. The second-order valence-corrected chi connectivity index (χ2v) is 6.54. The number of ether oxygens (including phenoxy) is 2. The van der Waals surface area contributed by atoms with Crippen LogP contribution < -0.4 is 10.2 Å². The van der Waals surface area contributed by atoms with Crippen molar-refractivity contribution in [2.24, 2.45) is 0 Å². The molecule has 0 aromatic carbocycles. The molecule has 132 valence electrons. The number of carbonyl (C=O) groups is 1. The molecule has 0 spiro atoms. The van der Waals surface area contributed by atoms with Gasteiger partial charge in [-0.1, -0.05) is 0 Å². The highest BCUT2D eigenvalue weighted by atomic mass is 16.5. The molecule has 1 aromatic rings. The zero-order valence-electron chi connectivity index (χ0n) is 14.4. The Morgan fingerprint density at radius 2 is 2.25 bits per heavy atom. The quantitative estimate of drug-likeness (QED) is 0.867. The van der Waals surface area contributed by atoms with Gasteiger partial charge in [0.05, 0.1) is 30.3 Å². The Kier molecular flexibility index (Phi) is 6.04. The first-order valence-electron chi connectivity index (χ1n) is 8.97. The number of nitrogens with one attached hydrogen (secondary N) is 1. The Balaban J connectivity index is 1.57. The second-order valence-electron chi connectivity index (χ2n) is 6.54. The van der Waals surface area contributed by atoms with Crippen molar-refractivity contribution in [3.05, 3.63) is 18.5 Å². The highest BCUT2D eigenvalue weighted by Crippen LogP contribution is 2.27. The minimum absolute atomic E-state index is 0.127. The Morgan fingerprint density at radius 3 is 3.00 bits per heavy atom. The minimum Gasteiger partial charge on any atom is -0.376 e. The first-order chi connectivity index (χ1) is 11.7. The van der Waals surface area contributed by atoms with E-state index in [2.05, 4.69) is 15.2 Å². The fourth-order valence-electron chi connectivity index (χ4n) is 3.23. The number of amides is 1. The van der Waals surface area contributed by atoms with Crippen molar-refractivity contribution in [2.45, 2.75) is 51.2 Å². The van der Waals surface area contributed by atoms with Gasteiger partial charge < -0.3 is 19.7 Å². The lowest BCUT2D eigenvalue weighted by atomic mass is 10.1. The molecule has 24 heavy (non-hydrogen) atoms. The van der Waals surface area contributed by atoms with E-state index in [4.69, 9.17) is 9.47 Å². The maximum Gasteiger partial charge on any atom is 0.253 e. The average Bonchev–Trinajstić information content (AvgIpc) is 3.14. The standard InChI is InChI=1S/C18H27N3O3/c1-14(24-13-15-6-5-11-23-15)18(22)20-16-12-19-8-7-17(16)21-9-3-2-4-10-21/h7-8,12,14-15H,2-6,9-11,13H2,1H3,(H,20,22)/t14-,15-/m0/s1. The summed E-state index contributed by atoms with van der Waals surface area (Å²) in [6.07, 6.45) is 8.85. The van der Waals surface area contributed by atoms with Gasteiger partial charge in [-0.3, -0.25) is 9.78 Å². The van der Waals surface area contributed by atoms with Crippen LogP contribution in [-0.2, 0) is 14.3 Å². The lowest BCUT2D eigenvalue weighted by Crippen LogP contribution is -2.33. The third-order valence-corrected chi connectivity index (χ3v) is 4.68. The smallest absolute Gasteiger partial charge is 0.253 e. The molecule has 2 fully saturated rings. The van der Waals surface area contributed by atoms with Gasteiger partial charge in [-0.25, -0.2) is 0 Å². The summed E-state index contributed by atoms with van der Waals surface area (Å²) in [5, 5.41) is 2.97. The van der Waals surface area contributed by atoms with Crippen molar-refractivity contribution < 1.29 is 14.3 Å². The van der Waals surface area contributed by atoms with Crippen LogP contribution in [0.2, 0.25) is 0 Å². The van der Waals surface area contributed by atoms with Crippen LogP contribution in [0.1, 0.15) is 39.0 Å². The molecule has 3 heterocycles. The number of hydrogen-bond acceptors (Lipinski definition) is 5. The Hall–Kier alpha value is -1.66. The topological polar surface area (TPSA) is 63.7 Å². The predicted octanol–water partition coefficient (Wildman–Crippen LogP) is 2.59. The molecule has 1 aromatic heterocycles. The van der Waals surface area contributed by atoms with Crippen molar-refractivity contribution in [3.8, 4) is 0 Å². The minimum atomic E-state index is -0.511. The molecule has 6 nitrogen and oxygen atoms in total. The van der Waals surface area contributed by atoms with Crippen molar-refractivity contribution in [1.29, 1.82) is 0 Å². The van der Waals surface area contributed by atoms with Crippen LogP contribution in [0.15, 0.2) is 18.5 Å². The molecular weight excluding hydrogens is 306 g/mol. The number of pyridine rings is 1. The van der Waals surface area contributed by atoms with E-state index in [1.54, 1.807) is 19.3 Å². The second kappa shape index (κ2) is 8.44. The number of aromatic nitrogens is 1. The van der Waals surface area contributed by atoms with E-state index < -0.39 is 6.10 Å². The molecule has 0 saturated carbocycles. The van der Waals surface area contributed by atoms with Crippen molar-refractivity contribution >= 4 is 17.3 Å². The highest BCUT2D eigenvalue weighted by Gasteiger charge is 2.21. The monoisotopic (exact) mass is 333 g/mol. The fraction of sp³-hybridized carbons (Fsp3) is 0.667. The van der Waals surface area contributed by atoms with E-state index in [0.717, 1.165) is 43.9 Å². The molecule has 0 unspecified atom stereocenters. The summed E-state index contributed by atoms with van der Waals surface area (Å²) in [7, 11) is 0. The van der Waals surface area contributed by atoms with Crippen LogP contribution in [-0.4, -0.2) is 49.4 Å². The van der Waals surface area contributed by atoms with Gasteiger partial charge in [0.1, 0.15) is 6.10 Å². The zero-order chi connectivity index (χ0) is 16.8. The van der Waals surface area contributed by atoms with Gasteiger partial charge in [0.15, 0.2) is 0 Å². The summed E-state index contributed by atoms with van der Waals surface area (Å²) in [5.74, 6) is -0.140. The average molecular weight is 333 g/mol. The van der Waals surface area contributed by atoms with Gasteiger partial charge in [-0.05, 0) is 45.1 Å². The van der Waals surface area contributed by atoms with Crippen LogP contribution in [0.25, 0.3) is 0 Å². The molecule has 2 aliphatic heterocycles. The molecule has 0 radical (unpaired) electrons. The molecule has 2 aliphatic rings. The van der Waals surface area contributed by atoms with E-state index in [1.807, 2.05) is 6.07 Å². The lowest BCUT2D eigenvalue weighted by molar-refractivity contribution is -0.128. The number of hydrogen-bond donors (Lipinski definition) is 1. The maximum atomic E-state index is 12.4. The van der Waals surface area contributed by atoms with Crippen molar-refractivity contribution in [2.75, 3.05) is 36.5 Å². The number of nitrogens with zero attached hydrogens (tertiary/aromatic N) is 2. The zero-order valence-corrected chi connectivity index (χ0v) is 14.4. The number of piperidine rings is 1. The number of carbonyl (C=O) groups excluding carboxylic acids is 1. The van der Waals surface area contributed by atoms with Gasteiger partial charge in [0, 0.05) is 25.9 Å². The van der Waals surface area contributed by atoms with E-state index in [-0.39, 0.29) is 12.0 Å². The first kappa shape index (κ1) is 17.2. The van der Waals surface area contributed by atoms with Gasteiger partial charge in [0.25, 0.3) is 5.91 Å². The Bertz CT molecular complexity index is 540. The summed E-state index contributed by atoms with van der Waals surface area (Å²) in [5.41, 5.74) is 1.81. The van der Waals surface area contributed by atoms with Crippen LogP contribution in [0.4, 0.5) is 11.4 Å². The Morgan fingerprint density at radius 1 is 1.42 bits per heavy atom. The molecule has 1 amide bonds. The predicted molar refractivity (Wildman–Crippen MR) is 93.3 cm³/mol. The van der Waals surface area contributed by atoms with Gasteiger partial charge in [0.2, 0.25) is 0 Å². The summed E-state index contributed by atoms with van der Waals surface area (Å²) in [6.45, 7) is 5.10. The highest BCUT2D eigenvalue weighted by molar-refractivity contribution is 5.96. The van der Waals surface area contributed by atoms with Crippen LogP contribution in [0.5, 0.6) is 0 Å². The molecule has 1 N–H and O–H groups in total. The number of rotatable bonds is 6. The van der Waals surface area contributed by atoms with Crippen LogP contribution in [0.3, 0.4) is 0 Å². The molecule has 6 heteroatoms. The fourth-order valence-corrected chi connectivity index (χ4v) is 3.23.